The number of aromatic carboxylic acids is 1. The van der Waals surface area contributed by atoms with Gasteiger partial charge in [-0.2, -0.15) is 4.98 Å². The molecule has 0 saturated carbocycles. The highest BCUT2D eigenvalue weighted by molar-refractivity contribution is 7.13. The normalized spacial score (nSPS) is 19.8. The van der Waals surface area contributed by atoms with Crippen molar-refractivity contribution in [2.45, 2.75) is 25.3 Å². The molecule has 2 aliphatic rings. The van der Waals surface area contributed by atoms with E-state index in [1.807, 2.05) is 0 Å². The van der Waals surface area contributed by atoms with E-state index in [-0.39, 0.29) is 22.5 Å². The molecule has 2 aromatic heterocycles. The number of nitrogens with zero attached hydrogens (tertiary/aromatic N) is 5. The zero-order valence-corrected chi connectivity index (χ0v) is 13.6. The van der Waals surface area contributed by atoms with E-state index in [0.29, 0.717) is 19.0 Å². The molecule has 0 radical (unpaired) electrons. The van der Waals surface area contributed by atoms with Crippen molar-refractivity contribution in [2.24, 2.45) is 0 Å². The first-order valence-electron chi connectivity index (χ1n) is 7.79. The van der Waals surface area contributed by atoms with Crippen molar-refractivity contribution in [2.75, 3.05) is 25.0 Å². The van der Waals surface area contributed by atoms with Gasteiger partial charge in [0.05, 0.1) is 11.2 Å². The maximum Gasteiger partial charge on any atom is 0.347 e. The van der Waals surface area contributed by atoms with Crippen LogP contribution in [0.15, 0.2) is 6.20 Å². The second-order valence-corrected chi connectivity index (χ2v) is 6.93. The van der Waals surface area contributed by atoms with Gasteiger partial charge in [-0.05, 0) is 12.8 Å². The molecule has 0 spiro atoms. The summed E-state index contributed by atoms with van der Waals surface area (Å²) in [5, 5.41) is 17.2. The van der Waals surface area contributed by atoms with Crippen LogP contribution in [0.25, 0.3) is 0 Å². The number of hydrogen-bond acceptors (Lipinski definition) is 7. The second-order valence-electron chi connectivity index (χ2n) is 5.87. The van der Waals surface area contributed by atoms with Crippen LogP contribution in [0.2, 0.25) is 0 Å². The predicted octanol–water partition coefficient (Wildman–Crippen LogP) is 0.878. The SMILES string of the molecule is O=C(O)c1cnc(C2CCN(C(=O)c3nc4n(n3)CCCN4)C2)s1. The number of aryl methyl sites for hydroxylation is 1. The highest BCUT2D eigenvalue weighted by atomic mass is 32.1. The van der Waals surface area contributed by atoms with E-state index in [4.69, 9.17) is 5.11 Å². The topological polar surface area (TPSA) is 113 Å². The van der Waals surface area contributed by atoms with E-state index in [2.05, 4.69) is 20.4 Å². The van der Waals surface area contributed by atoms with Crippen LogP contribution in [0.4, 0.5) is 5.95 Å². The molecule has 4 rings (SSSR count). The zero-order valence-electron chi connectivity index (χ0n) is 12.8. The Morgan fingerprint density at radius 1 is 1.38 bits per heavy atom. The lowest BCUT2D eigenvalue weighted by Gasteiger charge is -2.13. The summed E-state index contributed by atoms with van der Waals surface area (Å²) in [4.78, 5) is 34.0. The summed E-state index contributed by atoms with van der Waals surface area (Å²) in [5.74, 6) is -0.222. The summed E-state index contributed by atoms with van der Waals surface area (Å²) in [6.07, 6.45) is 3.11. The van der Waals surface area contributed by atoms with E-state index in [9.17, 15) is 9.59 Å². The number of carbonyl (C=O) groups is 2. The van der Waals surface area contributed by atoms with Crippen LogP contribution >= 0.6 is 11.3 Å². The molecule has 126 valence electrons. The summed E-state index contributed by atoms with van der Waals surface area (Å²) < 4.78 is 1.73. The Labute approximate surface area is 141 Å². The zero-order chi connectivity index (χ0) is 16.7. The van der Waals surface area contributed by atoms with Crippen molar-refractivity contribution in [3.63, 3.8) is 0 Å². The lowest BCUT2D eigenvalue weighted by atomic mass is 10.1. The van der Waals surface area contributed by atoms with Gasteiger partial charge in [-0.25, -0.2) is 14.5 Å². The van der Waals surface area contributed by atoms with Crippen molar-refractivity contribution in [3.8, 4) is 0 Å². The number of aromatic nitrogens is 4. The smallest absolute Gasteiger partial charge is 0.347 e. The highest BCUT2D eigenvalue weighted by Gasteiger charge is 2.32. The monoisotopic (exact) mass is 348 g/mol. The molecular formula is C14H16N6O3S. The highest BCUT2D eigenvalue weighted by Crippen LogP contribution is 2.31. The molecule has 0 bridgehead atoms. The second kappa shape index (κ2) is 5.86. The Bertz CT molecular complexity index is 777. The van der Waals surface area contributed by atoms with Gasteiger partial charge in [-0.3, -0.25) is 4.79 Å². The lowest BCUT2D eigenvalue weighted by Crippen LogP contribution is -2.29. The molecule has 1 amide bonds. The minimum atomic E-state index is -0.968. The quantitative estimate of drug-likeness (QED) is 0.846. The largest absolute Gasteiger partial charge is 0.477 e. The Kier molecular flexibility index (Phi) is 3.68. The fourth-order valence-corrected chi connectivity index (χ4v) is 3.89. The number of nitrogens with one attached hydrogen (secondary N) is 1. The molecule has 2 aromatic rings. The van der Waals surface area contributed by atoms with Gasteiger partial charge >= 0.3 is 5.97 Å². The molecule has 2 N–H and O–H groups in total. The molecule has 1 atom stereocenters. The molecule has 4 heterocycles. The van der Waals surface area contributed by atoms with Gasteiger partial charge in [0.25, 0.3) is 5.91 Å². The summed E-state index contributed by atoms with van der Waals surface area (Å²) in [7, 11) is 0. The van der Waals surface area contributed by atoms with Crippen LogP contribution in [0, 0.1) is 0 Å². The van der Waals surface area contributed by atoms with Crippen LogP contribution in [-0.4, -0.2) is 61.3 Å². The average molecular weight is 348 g/mol. The third kappa shape index (κ3) is 2.62. The summed E-state index contributed by atoms with van der Waals surface area (Å²) >= 11 is 1.18. The van der Waals surface area contributed by atoms with Crippen LogP contribution in [0.5, 0.6) is 0 Å². The number of rotatable bonds is 3. The number of likely N-dealkylation sites (tertiary alicyclic amines) is 1. The van der Waals surface area contributed by atoms with E-state index in [1.54, 1.807) is 9.58 Å². The van der Waals surface area contributed by atoms with Gasteiger partial charge in [0, 0.05) is 32.1 Å². The molecule has 2 aliphatic heterocycles. The Morgan fingerprint density at radius 2 is 2.25 bits per heavy atom. The number of thiazole rings is 1. The maximum absolute atomic E-state index is 12.6. The maximum atomic E-state index is 12.6. The van der Waals surface area contributed by atoms with Gasteiger partial charge in [-0.1, -0.05) is 0 Å². The third-order valence-electron chi connectivity index (χ3n) is 4.25. The molecule has 1 unspecified atom stereocenters. The van der Waals surface area contributed by atoms with Crippen molar-refractivity contribution < 1.29 is 14.7 Å². The lowest BCUT2D eigenvalue weighted by molar-refractivity contribution is 0.0701. The van der Waals surface area contributed by atoms with Gasteiger partial charge in [0.2, 0.25) is 11.8 Å². The van der Waals surface area contributed by atoms with Gasteiger partial charge in [0.1, 0.15) is 4.88 Å². The van der Waals surface area contributed by atoms with Crippen molar-refractivity contribution >= 4 is 29.2 Å². The summed E-state index contributed by atoms with van der Waals surface area (Å²) in [5.41, 5.74) is 0. The van der Waals surface area contributed by atoms with Gasteiger partial charge < -0.3 is 15.3 Å². The van der Waals surface area contributed by atoms with E-state index in [1.165, 1.54) is 17.5 Å². The fourth-order valence-electron chi connectivity index (χ4n) is 3.01. The summed E-state index contributed by atoms with van der Waals surface area (Å²) in [6, 6.07) is 0. The molecule has 10 heteroatoms. The molecule has 0 aromatic carbocycles. The number of amides is 1. The average Bonchev–Trinajstić information content (AvgIpc) is 3.30. The minimum absolute atomic E-state index is 0.0717. The Morgan fingerprint density at radius 3 is 3.00 bits per heavy atom. The van der Waals surface area contributed by atoms with Crippen molar-refractivity contribution in [3.05, 3.63) is 21.9 Å². The molecule has 1 saturated heterocycles. The Hall–Kier alpha value is -2.49. The number of carbonyl (C=O) groups excluding carboxylic acids is 1. The van der Waals surface area contributed by atoms with Crippen LogP contribution in [-0.2, 0) is 6.54 Å². The van der Waals surface area contributed by atoms with Gasteiger partial charge in [0.15, 0.2) is 0 Å². The number of hydrogen-bond donors (Lipinski definition) is 2. The van der Waals surface area contributed by atoms with E-state index >= 15 is 0 Å². The minimum Gasteiger partial charge on any atom is -0.477 e. The number of anilines is 1. The first-order valence-corrected chi connectivity index (χ1v) is 8.60. The van der Waals surface area contributed by atoms with Crippen LogP contribution in [0.3, 0.4) is 0 Å². The molecule has 9 nitrogen and oxygen atoms in total. The fraction of sp³-hybridized carbons (Fsp3) is 0.500. The first-order chi connectivity index (χ1) is 11.6. The van der Waals surface area contributed by atoms with E-state index < -0.39 is 5.97 Å². The molecule has 24 heavy (non-hydrogen) atoms. The standard InChI is InChI=1S/C14H16N6O3S/c21-12(10-17-14-15-3-1-4-20(14)18-10)19-5-2-8(7-19)11-16-6-9(24-11)13(22)23/h6,8H,1-5,7H2,(H,22,23)(H,15,17,18). The molecule has 0 aliphatic carbocycles. The van der Waals surface area contributed by atoms with Crippen molar-refractivity contribution in [1.82, 2.24) is 24.6 Å². The van der Waals surface area contributed by atoms with Crippen LogP contribution in [0.1, 0.15) is 44.1 Å². The van der Waals surface area contributed by atoms with Crippen molar-refractivity contribution in [1.29, 1.82) is 0 Å². The molecular weight excluding hydrogens is 332 g/mol. The van der Waals surface area contributed by atoms with E-state index in [0.717, 1.165) is 30.9 Å². The van der Waals surface area contributed by atoms with Crippen LogP contribution < -0.4 is 5.32 Å². The Balaban J connectivity index is 1.46. The number of carboxylic acid groups (broad SMARTS) is 1. The summed E-state index contributed by atoms with van der Waals surface area (Å²) in [6.45, 7) is 2.72. The third-order valence-corrected chi connectivity index (χ3v) is 5.40. The first kappa shape index (κ1) is 15.1. The number of carboxylic acids is 1. The predicted molar refractivity (Wildman–Crippen MR) is 85.5 cm³/mol. The number of fused-ring (bicyclic) bond motifs is 1. The van der Waals surface area contributed by atoms with Gasteiger partial charge in [-0.15, -0.1) is 16.4 Å². The molecule has 1 fully saturated rings.